The second-order valence-electron chi connectivity index (χ2n) is 2.98. The average Bonchev–Trinajstić information content (AvgIpc) is 2.26. The van der Waals surface area contributed by atoms with Crippen LogP contribution in [0, 0.1) is 0 Å². The Morgan fingerprint density at radius 2 is 1.86 bits per heavy atom. The minimum Gasteiger partial charge on any atom is -0.497 e. The zero-order chi connectivity index (χ0) is 10.4. The average molecular weight is 215 g/mol. The highest BCUT2D eigenvalue weighted by atomic mass is 35.5. The SMILES string of the molecule is COc1ccc(C(CCCl)OC)cc1. The second-order valence-corrected chi connectivity index (χ2v) is 3.35. The van der Waals surface area contributed by atoms with E-state index in [4.69, 9.17) is 21.1 Å². The van der Waals surface area contributed by atoms with Crippen LogP contribution in [0.5, 0.6) is 5.75 Å². The van der Waals surface area contributed by atoms with E-state index in [0.717, 1.165) is 17.7 Å². The summed E-state index contributed by atoms with van der Waals surface area (Å²) >= 11 is 5.68. The highest BCUT2D eigenvalue weighted by Crippen LogP contribution is 2.23. The molecule has 78 valence electrons. The quantitative estimate of drug-likeness (QED) is 0.702. The van der Waals surface area contributed by atoms with Crippen molar-refractivity contribution >= 4 is 11.6 Å². The van der Waals surface area contributed by atoms with Crippen LogP contribution >= 0.6 is 11.6 Å². The molecule has 0 saturated carbocycles. The Labute approximate surface area is 89.8 Å². The fourth-order valence-corrected chi connectivity index (χ4v) is 1.54. The molecule has 1 aromatic rings. The van der Waals surface area contributed by atoms with E-state index in [1.54, 1.807) is 14.2 Å². The molecule has 0 aromatic heterocycles. The summed E-state index contributed by atoms with van der Waals surface area (Å²) in [6.07, 6.45) is 0.906. The molecule has 3 heteroatoms. The van der Waals surface area contributed by atoms with E-state index in [-0.39, 0.29) is 6.10 Å². The van der Waals surface area contributed by atoms with Crippen molar-refractivity contribution < 1.29 is 9.47 Å². The number of alkyl halides is 1. The van der Waals surface area contributed by atoms with Crippen molar-refractivity contribution in [1.82, 2.24) is 0 Å². The second kappa shape index (κ2) is 5.89. The van der Waals surface area contributed by atoms with Gasteiger partial charge in [-0.3, -0.25) is 0 Å². The van der Waals surface area contributed by atoms with Crippen LogP contribution in [0.2, 0.25) is 0 Å². The summed E-state index contributed by atoms with van der Waals surface area (Å²) in [5, 5.41) is 0. The fourth-order valence-electron chi connectivity index (χ4n) is 1.34. The molecule has 1 unspecified atom stereocenters. The summed E-state index contributed by atoms with van der Waals surface area (Å²) in [7, 11) is 3.35. The molecule has 1 aromatic carbocycles. The summed E-state index contributed by atoms with van der Waals surface area (Å²) in [6, 6.07) is 7.85. The lowest BCUT2D eigenvalue weighted by Gasteiger charge is -2.14. The summed E-state index contributed by atoms with van der Waals surface area (Å²) in [4.78, 5) is 0. The Morgan fingerprint density at radius 3 is 2.29 bits per heavy atom. The van der Waals surface area contributed by atoms with E-state index < -0.39 is 0 Å². The van der Waals surface area contributed by atoms with Gasteiger partial charge >= 0.3 is 0 Å². The monoisotopic (exact) mass is 214 g/mol. The van der Waals surface area contributed by atoms with Gasteiger partial charge in [0.25, 0.3) is 0 Å². The van der Waals surface area contributed by atoms with E-state index in [1.807, 2.05) is 24.3 Å². The van der Waals surface area contributed by atoms with Gasteiger partial charge in [0.2, 0.25) is 0 Å². The molecule has 14 heavy (non-hydrogen) atoms. The van der Waals surface area contributed by atoms with E-state index in [9.17, 15) is 0 Å². The molecule has 0 aliphatic heterocycles. The molecule has 1 atom stereocenters. The normalized spacial score (nSPS) is 12.5. The number of benzene rings is 1. The van der Waals surface area contributed by atoms with Crippen LogP contribution in [0.25, 0.3) is 0 Å². The molecular formula is C11H15ClO2. The van der Waals surface area contributed by atoms with Crippen LogP contribution in [0.4, 0.5) is 0 Å². The maximum atomic E-state index is 5.68. The van der Waals surface area contributed by atoms with Gasteiger partial charge in [-0.1, -0.05) is 12.1 Å². The lowest BCUT2D eigenvalue weighted by Crippen LogP contribution is -2.01. The zero-order valence-electron chi connectivity index (χ0n) is 8.50. The van der Waals surface area contributed by atoms with Gasteiger partial charge in [0, 0.05) is 13.0 Å². The molecule has 0 spiro atoms. The minimum absolute atomic E-state index is 0.0819. The predicted molar refractivity (Wildman–Crippen MR) is 58.1 cm³/mol. The van der Waals surface area contributed by atoms with Gasteiger partial charge in [0.1, 0.15) is 5.75 Å². The van der Waals surface area contributed by atoms with Crippen molar-refractivity contribution in [2.75, 3.05) is 20.1 Å². The number of rotatable bonds is 5. The van der Waals surface area contributed by atoms with E-state index in [0.29, 0.717) is 5.88 Å². The Balaban J connectivity index is 2.73. The number of ether oxygens (including phenoxy) is 2. The van der Waals surface area contributed by atoms with Crippen molar-refractivity contribution in [2.45, 2.75) is 12.5 Å². The Bertz CT molecular complexity index is 258. The van der Waals surface area contributed by atoms with Gasteiger partial charge < -0.3 is 9.47 Å². The van der Waals surface area contributed by atoms with Crippen LogP contribution in [0.3, 0.4) is 0 Å². The van der Waals surface area contributed by atoms with Crippen molar-refractivity contribution in [3.63, 3.8) is 0 Å². The van der Waals surface area contributed by atoms with Crippen LogP contribution in [0.1, 0.15) is 18.1 Å². The van der Waals surface area contributed by atoms with Gasteiger partial charge in [-0.2, -0.15) is 0 Å². The Kier molecular flexibility index (Phi) is 4.77. The molecule has 0 heterocycles. The first-order chi connectivity index (χ1) is 6.81. The zero-order valence-corrected chi connectivity index (χ0v) is 9.25. The number of hydrogen-bond donors (Lipinski definition) is 0. The van der Waals surface area contributed by atoms with Crippen LogP contribution in [-0.2, 0) is 4.74 Å². The minimum atomic E-state index is 0.0819. The summed E-state index contributed by atoms with van der Waals surface area (Å²) in [5.74, 6) is 1.46. The highest BCUT2D eigenvalue weighted by Gasteiger charge is 2.08. The van der Waals surface area contributed by atoms with Crippen LogP contribution < -0.4 is 4.74 Å². The predicted octanol–water partition coefficient (Wildman–Crippen LogP) is 3.01. The maximum absolute atomic E-state index is 5.68. The van der Waals surface area contributed by atoms with Gasteiger partial charge in [0.15, 0.2) is 0 Å². The molecule has 1 rings (SSSR count). The van der Waals surface area contributed by atoms with Crippen molar-refractivity contribution in [1.29, 1.82) is 0 Å². The van der Waals surface area contributed by atoms with E-state index in [2.05, 4.69) is 0 Å². The molecule has 0 fully saturated rings. The van der Waals surface area contributed by atoms with Crippen LogP contribution in [-0.4, -0.2) is 20.1 Å². The molecular weight excluding hydrogens is 200 g/mol. The van der Waals surface area contributed by atoms with Gasteiger partial charge in [-0.25, -0.2) is 0 Å². The summed E-state index contributed by atoms with van der Waals surface area (Å²) in [6.45, 7) is 0. The van der Waals surface area contributed by atoms with Gasteiger partial charge in [0.05, 0.1) is 13.2 Å². The lowest BCUT2D eigenvalue weighted by atomic mass is 10.1. The third kappa shape index (κ3) is 2.89. The van der Waals surface area contributed by atoms with Gasteiger partial charge in [-0.05, 0) is 24.1 Å². The van der Waals surface area contributed by atoms with E-state index in [1.165, 1.54) is 0 Å². The third-order valence-corrected chi connectivity index (χ3v) is 2.36. The van der Waals surface area contributed by atoms with Crippen molar-refractivity contribution in [2.24, 2.45) is 0 Å². The molecule has 0 bridgehead atoms. The highest BCUT2D eigenvalue weighted by molar-refractivity contribution is 6.17. The molecule has 0 amide bonds. The Hall–Kier alpha value is -0.730. The molecule has 0 aliphatic carbocycles. The van der Waals surface area contributed by atoms with Gasteiger partial charge in [-0.15, -0.1) is 11.6 Å². The molecule has 0 aliphatic rings. The molecule has 0 radical (unpaired) electrons. The number of halogens is 1. The van der Waals surface area contributed by atoms with Crippen molar-refractivity contribution in [3.8, 4) is 5.75 Å². The topological polar surface area (TPSA) is 18.5 Å². The van der Waals surface area contributed by atoms with E-state index >= 15 is 0 Å². The Morgan fingerprint density at radius 1 is 1.21 bits per heavy atom. The first-order valence-corrected chi connectivity index (χ1v) is 5.08. The van der Waals surface area contributed by atoms with Crippen molar-refractivity contribution in [3.05, 3.63) is 29.8 Å². The molecule has 2 nitrogen and oxygen atoms in total. The lowest BCUT2D eigenvalue weighted by molar-refractivity contribution is 0.101. The summed E-state index contributed by atoms with van der Waals surface area (Å²) in [5.41, 5.74) is 1.13. The maximum Gasteiger partial charge on any atom is 0.118 e. The first kappa shape index (κ1) is 11.3. The fraction of sp³-hybridized carbons (Fsp3) is 0.455. The third-order valence-electron chi connectivity index (χ3n) is 2.14. The number of methoxy groups -OCH3 is 2. The number of hydrogen-bond acceptors (Lipinski definition) is 2. The standard InChI is InChI=1S/C11H15ClO2/c1-13-10-5-3-9(4-6-10)11(14-2)7-8-12/h3-6,11H,7-8H2,1-2H3. The molecule has 0 N–H and O–H groups in total. The van der Waals surface area contributed by atoms with Crippen LogP contribution in [0.15, 0.2) is 24.3 Å². The molecule has 0 saturated heterocycles. The largest absolute Gasteiger partial charge is 0.497 e. The smallest absolute Gasteiger partial charge is 0.118 e. The first-order valence-electron chi connectivity index (χ1n) is 4.54. The summed E-state index contributed by atoms with van der Waals surface area (Å²) < 4.78 is 10.4.